The lowest BCUT2D eigenvalue weighted by atomic mass is 9.98. The highest BCUT2D eigenvalue weighted by Gasteiger charge is 2.29. The fourth-order valence-electron chi connectivity index (χ4n) is 6.73. The summed E-state index contributed by atoms with van der Waals surface area (Å²) >= 11 is 0. The van der Waals surface area contributed by atoms with Gasteiger partial charge < -0.3 is 19.7 Å². The van der Waals surface area contributed by atoms with Crippen molar-refractivity contribution in [2.45, 2.75) is 37.5 Å². The monoisotopic (exact) mass is 674 g/mol. The van der Waals surface area contributed by atoms with E-state index in [9.17, 15) is 9.59 Å². The van der Waals surface area contributed by atoms with Crippen molar-refractivity contribution < 1.29 is 23.9 Å². The van der Waals surface area contributed by atoms with Crippen LogP contribution in [0.3, 0.4) is 0 Å². The first kappa shape index (κ1) is 33.4. The van der Waals surface area contributed by atoms with E-state index in [1.807, 2.05) is 66.7 Å². The van der Waals surface area contributed by atoms with Crippen LogP contribution in [0.1, 0.15) is 52.2 Å². The Kier molecular flexibility index (Phi) is 10.7. The molecule has 0 spiro atoms. The third-order valence-electron chi connectivity index (χ3n) is 9.40. The van der Waals surface area contributed by atoms with Crippen LogP contribution in [0.15, 0.2) is 97.3 Å². The van der Waals surface area contributed by atoms with Crippen molar-refractivity contribution in [3.63, 3.8) is 0 Å². The minimum absolute atomic E-state index is 0.00492. The maximum absolute atomic E-state index is 13.3. The minimum atomic E-state index is -0.442. The van der Waals surface area contributed by atoms with Gasteiger partial charge in [0.25, 0.3) is 5.91 Å². The van der Waals surface area contributed by atoms with Gasteiger partial charge in [-0.15, -0.1) is 0 Å². The number of piperazine rings is 1. The number of fused-ring (bicyclic) bond motifs is 3. The Balaban J connectivity index is 0.933. The quantitative estimate of drug-likeness (QED) is 0.202. The summed E-state index contributed by atoms with van der Waals surface area (Å²) in [6.07, 6.45) is 8.97. The minimum Gasteiger partial charge on any atom is -0.449 e. The SMILES string of the molecule is O=C(NC(C=Cc1ccccc1)CN1CCN(c2ncc(C(=O)NOC3CCCCO3)cn2)CC1)OCC1c2ccccc2-c2ccccc21. The van der Waals surface area contributed by atoms with Crippen LogP contribution in [0, 0.1) is 0 Å². The van der Waals surface area contributed by atoms with Crippen LogP contribution in [-0.2, 0) is 14.3 Å². The van der Waals surface area contributed by atoms with Crippen LogP contribution in [-0.4, -0.2) is 85.1 Å². The van der Waals surface area contributed by atoms with Crippen molar-refractivity contribution in [1.29, 1.82) is 0 Å². The van der Waals surface area contributed by atoms with Crippen LogP contribution in [0.2, 0.25) is 0 Å². The van der Waals surface area contributed by atoms with Crippen molar-refractivity contribution in [1.82, 2.24) is 25.7 Å². The van der Waals surface area contributed by atoms with E-state index in [-0.39, 0.29) is 18.6 Å². The van der Waals surface area contributed by atoms with Gasteiger partial charge in [0.15, 0.2) is 6.29 Å². The molecular formula is C39H42N6O5. The van der Waals surface area contributed by atoms with Crippen molar-refractivity contribution in [3.8, 4) is 11.1 Å². The van der Waals surface area contributed by atoms with Crippen LogP contribution >= 0.6 is 0 Å². The number of rotatable bonds is 11. The van der Waals surface area contributed by atoms with Crippen molar-refractivity contribution in [2.24, 2.45) is 0 Å². The van der Waals surface area contributed by atoms with Gasteiger partial charge in [0, 0.05) is 64.1 Å². The fourth-order valence-corrected chi connectivity index (χ4v) is 6.73. The van der Waals surface area contributed by atoms with Gasteiger partial charge in [0.2, 0.25) is 5.95 Å². The van der Waals surface area contributed by atoms with E-state index in [1.165, 1.54) is 34.6 Å². The lowest BCUT2D eigenvalue weighted by Gasteiger charge is -2.36. The number of ether oxygens (including phenoxy) is 2. The van der Waals surface area contributed by atoms with E-state index in [0.717, 1.165) is 37.9 Å². The molecule has 258 valence electrons. The predicted octanol–water partition coefficient (Wildman–Crippen LogP) is 5.41. The zero-order chi connectivity index (χ0) is 34.1. The molecule has 2 N–H and O–H groups in total. The zero-order valence-electron chi connectivity index (χ0n) is 27.9. The summed E-state index contributed by atoms with van der Waals surface area (Å²) in [5.74, 6) is 0.152. The second-order valence-corrected chi connectivity index (χ2v) is 12.8. The van der Waals surface area contributed by atoms with Crippen molar-refractivity contribution >= 4 is 24.0 Å². The molecule has 0 saturated carbocycles. The Morgan fingerprint density at radius 1 is 0.880 bits per heavy atom. The van der Waals surface area contributed by atoms with Gasteiger partial charge in [-0.05, 0) is 40.7 Å². The Morgan fingerprint density at radius 3 is 2.24 bits per heavy atom. The first-order valence-corrected chi connectivity index (χ1v) is 17.3. The van der Waals surface area contributed by atoms with Crippen molar-refractivity contribution in [2.75, 3.05) is 50.8 Å². The maximum atomic E-state index is 13.3. The average Bonchev–Trinajstić information content (AvgIpc) is 3.50. The molecule has 3 aliphatic rings. The van der Waals surface area contributed by atoms with Gasteiger partial charge in [-0.1, -0.05) is 91.0 Å². The van der Waals surface area contributed by atoms with Crippen molar-refractivity contribution in [3.05, 3.63) is 120 Å². The summed E-state index contributed by atoms with van der Waals surface area (Å²) in [4.78, 5) is 44.5. The second kappa shape index (κ2) is 16.1. The second-order valence-electron chi connectivity index (χ2n) is 12.8. The molecule has 7 rings (SSSR count). The number of carbonyl (C=O) groups excluding carboxylic acids is 2. The lowest BCUT2D eigenvalue weighted by Crippen LogP contribution is -2.51. The molecule has 11 nitrogen and oxygen atoms in total. The standard InChI is InChI=1S/C39H42N6O5/c46-37(43-50-36-16-8-9-23-48-36)29-24-40-38(41-25-29)45-21-19-44(20-22-45)26-30(18-17-28-10-2-1-3-11-28)42-39(47)49-27-35-33-14-6-4-12-31(33)32-13-5-7-15-34(32)35/h1-7,10-15,17-18,24-25,30,35-36H,8-9,16,19-23,26-27H2,(H,42,47)(H,43,46). The number of nitrogens with zero attached hydrogens (tertiary/aromatic N) is 4. The lowest BCUT2D eigenvalue weighted by molar-refractivity contribution is -0.186. The molecule has 0 radical (unpaired) electrons. The van der Waals surface area contributed by atoms with E-state index < -0.39 is 18.3 Å². The summed E-state index contributed by atoms with van der Waals surface area (Å²) in [6.45, 7) is 4.42. The highest BCUT2D eigenvalue weighted by molar-refractivity contribution is 5.92. The van der Waals surface area contributed by atoms with Crippen LogP contribution in [0.25, 0.3) is 17.2 Å². The number of nitrogens with one attached hydrogen (secondary N) is 2. The Labute approximate surface area is 292 Å². The van der Waals surface area contributed by atoms with Crippen LogP contribution in [0.4, 0.5) is 10.7 Å². The van der Waals surface area contributed by atoms with Crippen LogP contribution < -0.4 is 15.7 Å². The van der Waals surface area contributed by atoms with Gasteiger partial charge in [-0.25, -0.2) is 25.1 Å². The summed E-state index contributed by atoms with van der Waals surface area (Å²) < 4.78 is 11.4. The third-order valence-corrected chi connectivity index (χ3v) is 9.40. The molecule has 2 saturated heterocycles. The van der Waals surface area contributed by atoms with Crippen LogP contribution in [0.5, 0.6) is 0 Å². The first-order chi connectivity index (χ1) is 24.6. The molecule has 3 aromatic carbocycles. The van der Waals surface area contributed by atoms with Gasteiger partial charge in [-0.3, -0.25) is 9.69 Å². The van der Waals surface area contributed by atoms with Gasteiger partial charge in [0.05, 0.1) is 11.6 Å². The fraction of sp³-hybridized carbons (Fsp3) is 0.333. The molecule has 2 atom stereocenters. The van der Waals surface area contributed by atoms with Gasteiger partial charge in [-0.2, -0.15) is 0 Å². The molecule has 50 heavy (non-hydrogen) atoms. The maximum Gasteiger partial charge on any atom is 0.407 e. The number of hydrogen-bond acceptors (Lipinski definition) is 9. The Morgan fingerprint density at radius 2 is 1.56 bits per heavy atom. The highest BCUT2D eigenvalue weighted by Crippen LogP contribution is 2.44. The van der Waals surface area contributed by atoms with E-state index in [1.54, 1.807) is 0 Å². The summed E-state index contributed by atoms with van der Waals surface area (Å²) in [6, 6.07) is 26.4. The number of alkyl carbamates (subject to hydrolysis) is 1. The molecule has 0 bridgehead atoms. The van der Waals surface area contributed by atoms with Gasteiger partial charge in [0.1, 0.15) is 6.61 Å². The Bertz CT molecular complexity index is 1730. The summed E-state index contributed by atoms with van der Waals surface area (Å²) in [5.41, 5.74) is 8.57. The molecule has 4 aromatic rings. The highest BCUT2D eigenvalue weighted by atomic mass is 16.8. The van der Waals surface area contributed by atoms with Gasteiger partial charge >= 0.3 is 6.09 Å². The normalized spacial score (nSPS) is 18.3. The van der Waals surface area contributed by atoms with E-state index in [0.29, 0.717) is 37.8 Å². The third kappa shape index (κ3) is 8.19. The molecule has 11 heteroatoms. The number of aromatic nitrogens is 2. The van der Waals surface area contributed by atoms with E-state index in [4.69, 9.17) is 14.3 Å². The number of carbonyl (C=O) groups is 2. The topological polar surface area (TPSA) is 118 Å². The van der Waals surface area contributed by atoms with E-state index in [2.05, 4.69) is 54.8 Å². The predicted molar refractivity (Wildman–Crippen MR) is 190 cm³/mol. The number of hydroxylamine groups is 1. The number of anilines is 1. The number of hydrogen-bond donors (Lipinski definition) is 2. The van der Waals surface area contributed by atoms with E-state index >= 15 is 0 Å². The average molecular weight is 675 g/mol. The molecular weight excluding hydrogens is 632 g/mol. The Hall–Kier alpha value is -5.10. The molecule has 1 aromatic heterocycles. The molecule has 2 fully saturated rings. The zero-order valence-corrected chi connectivity index (χ0v) is 27.9. The summed E-state index contributed by atoms with van der Waals surface area (Å²) in [5, 5.41) is 3.11. The molecule has 1 aliphatic carbocycles. The largest absolute Gasteiger partial charge is 0.449 e. The summed E-state index contributed by atoms with van der Waals surface area (Å²) in [7, 11) is 0. The molecule has 2 amide bonds. The number of amides is 2. The molecule has 2 unspecified atom stereocenters. The first-order valence-electron chi connectivity index (χ1n) is 17.3. The molecule has 2 aliphatic heterocycles. The molecule has 3 heterocycles. The smallest absolute Gasteiger partial charge is 0.407 e. The number of benzene rings is 3.